The molecule has 0 saturated carbocycles. The minimum absolute atomic E-state index is 0.140. The van der Waals surface area contributed by atoms with E-state index in [2.05, 4.69) is 10.6 Å². The second kappa shape index (κ2) is 11.0. The lowest BCUT2D eigenvalue weighted by molar-refractivity contribution is -0.148. The van der Waals surface area contributed by atoms with Crippen LogP contribution in [0.15, 0.2) is 24.3 Å². The molecule has 0 saturated heterocycles. The van der Waals surface area contributed by atoms with Crippen LogP contribution in [-0.4, -0.2) is 37.7 Å². The van der Waals surface area contributed by atoms with Gasteiger partial charge in [0.05, 0.1) is 6.61 Å². The maximum absolute atomic E-state index is 11.5. The molecule has 2 N–H and O–H groups in total. The second-order valence-electron chi connectivity index (χ2n) is 5.23. The van der Waals surface area contributed by atoms with E-state index in [-0.39, 0.29) is 6.42 Å². The minimum atomic E-state index is -0.659. The number of nitrogens with one attached hydrogen (secondary N) is 2. The molecule has 1 aromatic carbocycles. The SMILES string of the molecule is CCCNC(=O)NC(=O)COC(=O)CCCOc1ccc(C)cc1. The molecule has 132 valence electrons. The van der Waals surface area contributed by atoms with Crippen molar-refractivity contribution < 1.29 is 23.9 Å². The Bertz CT molecular complexity index is 542. The fraction of sp³-hybridized carbons (Fsp3) is 0.471. The summed E-state index contributed by atoms with van der Waals surface area (Å²) in [4.78, 5) is 34.1. The summed E-state index contributed by atoms with van der Waals surface area (Å²) in [6.07, 6.45) is 1.38. The largest absolute Gasteiger partial charge is 0.494 e. The van der Waals surface area contributed by atoms with E-state index in [1.807, 2.05) is 38.1 Å². The molecule has 0 fully saturated rings. The monoisotopic (exact) mass is 336 g/mol. The van der Waals surface area contributed by atoms with Crippen LogP contribution < -0.4 is 15.4 Å². The molecule has 0 atom stereocenters. The van der Waals surface area contributed by atoms with Crippen molar-refractivity contribution in [3.8, 4) is 5.75 Å². The molecule has 3 amide bonds. The average molecular weight is 336 g/mol. The van der Waals surface area contributed by atoms with Gasteiger partial charge in [0, 0.05) is 13.0 Å². The Morgan fingerprint density at radius 3 is 2.50 bits per heavy atom. The number of aryl methyl sites for hydroxylation is 1. The van der Waals surface area contributed by atoms with Gasteiger partial charge in [-0.25, -0.2) is 4.79 Å². The highest BCUT2D eigenvalue weighted by Gasteiger charge is 2.10. The van der Waals surface area contributed by atoms with Gasteiger partial charge in [0.1, 0.15) is 5.75 Å². The number of ether oxygens (including phenoxy) is 2. The van der Waals surface area contributed by atoms with Gasteiger partial charge in [-0.05, 0) is 31.9 Å². The van der Waals surface area contributed by atoms with E-state index in [1.165, 1.54) is 0 Å². The predicted molar refractivity (Wildman–Crippen MR) is 88.7 cm³/mol. The standard InChI is InChI=1S/C17H24N2O5/c1-3-10-18-17(22)19-15(20)12-24-16(21)5-4-11-23-14-8-6-13(2)7-9-14/h6-9H,3-5,10-12H2,1-2H3,(H2,18,19,20,22). The molecule has 0 aromatic heterocycles. The lowest BCUT2D eigenvalue weighted by Crippen LogP contribution is -2.41. The molecule has 0 radical (unpaired) electrons. The van der Waals surface area contributed by atoms with Gasteiger partial charge in [-0.15, -0.1) is 0 Å². The first-order chi connectivity index (χ1) is 11.5. The van der Waals surface area contributed by atoms with E-state index in [9.17, 15) is 14.4 Å². The van der Waals surface area contributed by atoms with Gasteiger partial charge in [0.15, 0.2) is 6.61 Å². The van der Waals surface area contributed by atoms with Gasteiger partial charge in [-0.3, -0.25) is 14.9 Å². The molecule has 0 unspecified atom stereocenters. The zero-order valence-electron chi connectivity index (χ0n) is 14.1. The number of esters is 1. The number of urea groups is 1. The number of carbonyl (C=O) groups excluding carboxylic acids is 3. The quantitative estimate of drug-likeness (QED) is 0.531. The van der Waals surface area contributed by atoms with Gasteiger partial charge < -0.3 is 14.8 Å². The molecule has 7 nitrogen and oxygen atoms in total. The number of hydrogen-bond acceptors (Lipinski definition) is 5. The van der Waals surface area contributed by atoms with E-state index in [4.69, 9.17) is 9.47 Å². The number of amides is 3. The van der Waals surface area contributed by atoms with Crippen LogP contribution in [0.1, 0.15) is 31.7 Å². The molecule has 0 spiro atoms. The molecule has 0 heterocycles. The Balaban J connectivity index is 2.10. The van der Waals surface area contributed by atoms with Crippen LogP contribution >= 0.6 is 0 Å². The maximum atomic E-state index is 11.5. The highest BCUT2D eigenvalue weighted by Crippen LogP contribution is 2.11. The molecule has 24 heavy (non-hydrogen) atoms. The Hall–Kier alpha value is -2.57. The van der Waals surface area contributed by atoms with Gasteiger partial charge in [-0.1, -0.05) is 24.6 Å². The van der Waals surface area contributed by atoms with E-state index < -0.39 is 24.5 Å². The summed E-state index contributed by atoms with van der Waals surface area (Å²) in [7, 11) is 0. The number of benzene rings is 1. The summed E-state index contributed by atoms with van der Waals surface area (Å²) in [5, 5.41) is 4.56. The van der Waals surface area contributed by atoms with Crippen molar-refractivity contribution in [3.63, 3.8) is 0 Å². The third-order valence-electron chi connectivity index (χ3n) is 2.97. The van der Waals surface area contributed by atoms with Gasteiger partial charge in [-0.2, -0.15) is 0 Å². The lowest BCUT2D eigenvalue weighted by Gasteiger charge is -2.08. The summed E-state index contributed by atoms with van der Waals surface area (Å²) < 4.78 is 10.3. The third kappa shape index (κ3) is 8.77. The zero-order chi connectivity index (χ0) is 17.8. The summed E-state index contributed by atoms with van der Waals surface area (Å²) in [6, 6.07) is 7.02. The van der Waals surface area contributed by atoms with Crippen LogP contribution in [0.25, 0.3) is 0 Å². The van der Waals surface area contributed by atoms with E-state index in [0.29, 0.717) is 19.6 Å². The van der Waals surface area contributed by atoms with Gasteiger partial charge in [0.2, 0.25) is 0 Å². The number of imide groups is 1. The van der Waals surface area contributed by atoms with Crippen LogP contribution in [0.5, 0.6) is 5.75 Å². The Kier molecular flexibility index (Phi) is 8.96. The summed E-state index contributed by atoms with van der Waals surface area (Å²) in [6.45, 7) is 4.26. The molecule has 1 aromatic rings. The van der Waals surface area contributed by atoms with E-state index >= 15 is 0 Å². The Morgan fingerprint density at radius 2 is 1.83 bits per heavy atom. The highest BCUT2D eigenvalue weighted by molar-refractivity contribution is 5.95. The molecule has 0 aliphatic rings. The normalized spacial score (nSPS) is 9.92. The third-order valence-corrected chi connectivity index (χ3v) is 2.97. The first-order valence-corrected chi connectivity index (χ1v) is 7.94. The van der Waals surface area contributed by atoms with Crippen molar-refractivity contribution in [2.45, 2.75) is 33.1 Å². The van der Waals surface area contributed by atoms with E-state index in [1.54, 1.807) is 0 Å². The fourth-order valence-corrected chi connectivity index (χ4v) is 1.70. The predicted octanol–water partition coefficient (Wildman–Crippen LogP) is 1.93. The average Bonchev–Trinajstić information content (AvgIpc) is 2.56. The zero-order valence-corrected chi connectivity index (χ0v) is 14.1. The first kappa shape index (κ1) is 19.5. The second-order valence-corrected chi connectivity index (χ2v) is 5.23. The van der Waals surface area contributed by atoms with Crippen molar-refractivity contribution in [3.05, 3.63) is 29.8 Å². The van der Waals surface area contributed by atoms with Crippen molar-refractivity contribution in [1.29, 1.82) is 0 Å². The molecule has 7 heteroatoms. The summed E-state index contributed by atoms with van der Waals surface area (Å²) >= 11 is 0. The Morgan fingerprint density at radius 1 is 1.12 bits per heavy atom. The molecule has 1 rings (SSSR count). The van der Waals surface area contributed by atoms with Crippen molar-refractivity contribution in [2.75, 3.05) is 19.8 Å². The maximum Gasteiger partial charge on any atom is 0.321 e. The highest BCUT2D eigenvalue weighted by atomic mass is 16.5. The van der Waals surface area contributed by atoms with Crippen LogP contribution in [0.2, 0.25) is 0 Å². The fourth-order valence-electron chi connectivity index (χ4n) is 1.70. The summed E-state index contributed by atoms with van der Waals surface area (Å²) in [5.41, 5.74) is 1.15. The van der Waals surface area contributed by atoms with E-state index in [0.717, 1.165) is 17.7 Å². The van der Waals surface area contributed by atoms with Crippen LogP contribution in [0, 0.1) is 6.92 Å². The van der Waals surface area contributed by atoms with Gasteiger partial charge in [0.25, 0.3) is 5.91 Å². The topological polar surface area (TPSA) is 93.7 Å². The molecule has 0 aliphatic heterocycles. The lowest BCUT2D eigenvalue weighted by atomic mass is 10.2. The molecule has 0 bridgehead atoms. The minimum Gasteiger partial charge on any atom is -0.494 e. The molecular weight excluding hydrogens is 312 g/mol. The molecule has 0 aliphatic carbocycles. The van der Waals surface area contributed by atoms with Crippen LogP contribution in [-0.2, 0) is 14.3 Å². The van der Waals surface area contributed by atoms with Crippen LogP contribution in [0.3, 0.4) is 0 Å². The summed E-state index contributed by atoms with van der Waals surface area (Å²) in [5.74, 6) is -0.425. The van der Waals surface area contributed by atoms with Gasteiger partial charge >= 0.3 is 12.0 Å². The number of hydrogen-bond donors (Lipinski definition) is 2. The molecular formula is C17H24N2O5. The van der Waals surface area contributed by atoms with Crippen LogP contribution in [0.4, 0.5) is 4.79 Å². The smallest absolute Gasteiger partial charge is 0.321 e. The number of carbonyl (C=O) groups is 3. The van der Waals surface area contributed by atoms with Crippen molar-refractivity contribution >= 4 is 17.9 Å². The van der Waals surface area contributed by atoms with Crippen molar-refractivity contribution in [1.82, 2.24) is 10.6 Å². The Labute approximate surface area is 141 Å². The number of rotatable bonds is 9. The first-order valence-electron chi connectivity index (χ1n) is 7.94. The van der Waals surface area contributed by atoms with Crippen molar-refractivity contribution in [2.24, 2.45) is 0 Å².